The number of carbonyl (C=O) groups excluding carboxylic acids is 1. The maximum absolute atomic E-state index is 11.6. The van der Waals surface area contributed by atoms with Crippen LogP contribution in [0.5, 0.6) is 11.5 Å². The largest absolute Gasteiger partial charge is 0.465 e. The molecule has 0 atom stereocenters. The van der Waals surface area contributed by atoms with Crippen LogP contribution >= 0.6 is 0 Å². The van der Waals surface area contributed by atoms with Gasteiger partial charge in [0.25, 0.3) is 0 Å². The van der Waals surface area contributed by atoms with E-state index in [1.54, 1.807) is 30.3 Å². The standard InChI is InChI=1S/C16H14O3/c1-3-12-7-6-8-13(11-12)19-15-10-5-4-9-14(15)16(17)18-2/h3-11H,1H2,2H3. The maximum Gasteiger partial charge on any atom is 0.341 e. The van der Waals surface area contributed by atoms with Crippen molar-refractivity contribution >= 4 is 12.0 Å². The Morgan fingerprint density at radius 1 is 1.16 bits per heavy atom. The first-order valence-electron chi connectivity index (χ1n) is 5.82. The second-order valence-corrected chi connectivity index (χ2v) is 3.87. The Labute approximate surface area is 112 Å². The smallest absolute Gasteiger partial charge is 0.341 e. The highest BCUT2D eigenvalue weighted by atomic mass is 16.5. The molecule has 0 saturated carbocycles. The van der Waals surface area contributed by atoms with Gasteiger partial charge in [0.1, 0.15) is 17.1 Å². The minimum Gasteiger partial charge on any atom is -0.465 e. The molecule has 0 heterocycles. The lowest BCUT2D eigenvalue weighted by atomic mass is 10.2. The van der Waals surface area contributed by atoms with Gasteiger partial charge >= 0.3 is 5.97 Å². The van der Waals surface area contributed by atoms with Crippen LogP contribution in [0.3, 0.4) is 0 Å². The summed E-state index contributed by atoms with van der Waals surface area (Å²) in [6, 6.07) is 14.4. The van der Waals surface area contributed by atoms with Gasteiger partial charge in [-0.25, -0.2) is 4.79 Å². The van der Waals surface area contributed by atoms with Crippen molar-refractivity contribution in [2.75, 3.05) is 7.11 Å². The minimum absolute atomic E-state index is 0.397. The van der Waals surface area contributed by atoms with Crippen LogP contribution < -0.4 is 4.74 Å². The van der Waals surface area contributed by atoms with Crippen LogP contribution in [-0.2, 0) is 4.74 Å². The summed E-state index contributed by atoms with van der Waals surface area (Å²) < 4.78 is 10.5. The van der Waals surface area contributed by atoms with E-state index in [-0.39, 0.29) is 0 Å². The fraction of sp³-hybridized carbons (Fsp3) is 0.0625. The first kappa shape index (κ1) is 12.9. The molecule has 0 fully saturated rings. The van der Waals surface area contributed by atoms with Gasteiger partial charge in [0.05, 0.1) is 7.11 Å². The Hall–Kier alpha value is -2.55. The summed E-state index contributed by atoms with van der Waals surface area (Å²) in [7, 11) is 1.34. The van der Waals surface area contributed by atoms with E-state index in [0.717, 1.165) is 5.56 Å². The van der Waals surface area contributed by atoms with Crippen LogP contribution in [0.1, 0.15) is 15.9 Å². The fourth-order valence-electron chi connectivity index (χ4n) is 1.67. The average Bonchev–Trinajstić information content (AvgIpc) is 2.47. The summed E-state index contributed by atoms with van der Waals surface area (Å²) in [5.74, 6) is 0.694. The van der Waals surface area contributed by atoms with E-state index in [1.165, 1.54) is 7.11 Å². The molecule has 0 radical (unpaired) electrons. The molecule has 2 aromatic rings. The molecule has 96 valence electrons. The van der Waals surface area contributed by atoms with Gasteiger partial charge in [-0.2, -0.15) is 0 Å². The summed E-state index contributed by atoms with van der Waals surface area (Å²) in [5.41, 5.74) is 1.35. The average molecular weight is 254 g/mol. The molecule has 3 heteroatoms. The third-order valence-corrected chi connectivity index (χ3v) is 2.61. The molecular formula is C16H14O3. The third kappa shape index (κ3) is 3.01. The zero-order valence-electron chi connectivity index (χ0n) is 10.6. The summed E-state index contributed by atoms with van der Waals surface area (Å²) in [5, 5.41) is 0. The van der Waals surface area contributed by atoms with Crippen molar-refractivity contribution < 1.29 is 14.3 Å². The number of hydrogen-bond donors (Lipinski definition) is 0. The lowest BCUT2D eigenvalue weighted by molar-refractivity contribution is 0.0598. The zero-order valence-corrected chi connectivity index (χ0v) is 10.6. The van der Waals surface area contributed by atoms with Gasteiger partial charge in [-0.05, 0) is 29.8 Å². The van der Waals surface area contributed by atoms with E-state index in [9.17, 15) is 4.79 Å². The summed E-state index contributed by atoms with van der Waals surface area (Å²) in [4.78, 5) is 11.6. The topological polar surface area (TPSA) is 35.5 Å². The molecule has 3 nitrogen and oxygen atoms in total. The van der Waals surface area contributed by atoms with Crippen molar-refractivity contribution in [1.29, 1.82) is 0 Å². The van der Waals surface area contributed by atoms with E-state index >= 15 is 0 Å². The number of rotatable bonds is 4. The van der Waals surface area contributed by atoms with Gasteiger partial charge in [0.2, 0.25) is 0 Å². The molecule has 0 spiro atoms. The first-order valence-corrected chi connectivity index (χ1v) is 5.82. The van der Waals surface area contributed by atoms with Crippen molar-refractivity contribution in [3.8, 4) is 11.5 Å². The van der Waals surface area contributed by atoms with Crippen LogP contribution in [0, 0.1) is 0 Å². The predicted molar refractivity (Wildman–Crippen MR) is 74.4 cm³/mol. The lowest BCUT2D eigenvalue weighted by Crippen LogP contribution is -2.03. The molecule has 0 saturated heterocycles. The normalized spacial score (nSPS) is 9.74. The van der Waals surface area contributed by atoms with Gasteiger partial charge in [-0.3, -0.25) is 0 Å². The van der Waals surface area contributed by atoms with Gasteiger partial charge in [-0.15, -0.1) is 0 Å². The van der Waals surface area contributed by atoms with Crippen LogP contribution in [-0.4, -0.2) is 13.1 Å². The summed E-state index contributed by atoms with van der Waals surface area (Å²) in [6.45, 7) is 3.71. The van der Waals surface area contributed by atoms with Crippen molar-refractivity contribution in [2.24, 2.45) is 0 Å². The third-order valence-electron chi connectivity index (χ3n) is 2.61. The van der Waals surface area contributed by atoms with Crippen LogP contribution in [0.15, 0.2) is 55.1 Å². The van der Waals surface area contributed by atoms with E-state index in [0.29, 0.717) is 17.1 Å². The number of para-hydroxylation sites is 1. The number of carbonyl (C=O) groups is 1. The van der Waals surface area contributed by atoms with Gasteiger partial charge in [-0.1, -0.05) is 36.9 Å². The summed E-state index contributed by atoms with van der Waals surface area (Å²) >= 11 is 0. The Bertz CT molecular complexity index is 602. The predicted octanol–water partition coefficient (Wildman–Crippen LogP) is 3.91. The molecule has 0 bridgehead atoms. The molecule has 0 aliphatic carbocycles. The van der Waals surface area contributed by atoms with Crippen molar-refractivity contribution in [1.82, 2.24) is 0 Å². The molecule has 0 aliphatic heterocycles. The Morgan fingerprint density at radius 2 is 1.95 bits per heavy atom. The molecule has 0 amide bonds. The lowest BCUT2D eigenvalue weighted by Gasteiger charge is -2.10. The zero-order chi connectivity index (χ0) is 13.7. The SMILES string of the molecule is C=Cc1cccc(Oc2ccccc2C(=O)OC)c1. The Kier molecular flexibility index (Phi) is 3.98. The quantitative estimate of drug-likeness (QED) is 0.776. The molecule has 0 N–H and O–H groups in total. The Balaban J connectivity index is 2.32. The maximum atomic E-state index is 11.6. The second kappa shape index (κ2) is 5.87. The molecule has 2 aromatic carbocycles. The van der Waals surface area contributed by atoms with Crippen LogP contribution in [0.4, 0.5) is 0 Å². The first-order chi connectivity index (χ1) is 9.24. The Morgan fingerprint density at radius 3 is 2.68 bits per heavy atom. The van der Waals surface area contributed by atoms with Crippen LogP contribution in [0.25, 0.3) is 6.08 Å². The fourth-order valence-corrected chi connectivity index (χ4v) is 1.67. The number of esters is 1. The van der Waals surface area contributed by atoms with Crippen molar-refractivity contribution in [3.63, 3.8) is 0 Å². The molecule has 19 heavy (non-hydrogen) atoms. The number of methoxy groups -OCH3 is 1. The number of hydrogen-bond acceptors (Lipinski definition) is 3. The molecule has 0 aliphatic rings. The van der Waals surface area contributed by atoms with Gasteiger partial charge < -0.3 is 9.47 Å². The molecule has 0 unspecified atom stereocenters. The monoisotopic (exact) mass is 254 g/mol. The molecule has 2 rings (SSSR count). The van der Waals surface area contributed by atoms with Gasteiger partial charge in [0.15, 0.2) is 0 Å². The highest BCUT2D eigenvalue weighted by molar-refractivity contribution is 5.92. The van der Waals surface area contributed by atoms with Crippen molar-refractivity contribution in [3.05, 3.63) is 66.2 Å². The van der Waals surface area contributed by atoms with E-state index in [4.69, 9.17) is 9.47 Å². The van der Waals surface area contributed by atoms with E-state index in [1.807, 2.05) is 24.3 Å². The molecular weight excluding hydrogens is 240 g/mol. The highest BCUT2D eigenvalue weighted by Gasteiger charge is 2.12. The number of benzene rings is 2. The summed E-state index contributed by atoms with van der Waals surface area (Å²) in [6.07, 6.45) is 1.74. The molecule has 0 aromatic heterocycles. The number of ether oxygens (including phenoxy) is 2. The van der Waals surface area contributed by atoms with E-state index < -0.39 is 5.97 Å². The van der Waals surface area contributed by atoms with Crippen molar-refractivity contribution in [2.45, 2.75) is 0 Å². The van der Waals surface area contributed by atoms with E-state index in [2.05, 4.69) is 6.58 Å². The minimum atomic E-state index is -0.421. The highest BCUT2D eigenvalue weighted by Crippen LogP contribution is 2.26. The van der Waals surface area contributed by atoms with Crippen LogP contribution in [0.2, 0.25) is 0 Å². The second-order valence-electron chi connectivity index (χ2n) is 3.87. The van der Waals surface area contributed by atoms with Gasteiger partial charge in [0, 0.05) is 0 Å².